The maximum atomic E-state index is 12.5. The van der Waals surface area contributed by atoms with E-state index in [1.807, 2.05) is 53.4 Å². The summed E-state index contributed by atoms with van der Waals surface area (Å²) in [5, 5.41) is 3.21. The van der Waals surface area contributed by atoms with Gasteiger partial charge in [0.05, 0.1) is 12.3 Å². The van der Waals surface area contributed by atoms with Gasteiger partial charge in [-0.05, 0) is 18.6 Å². The van der Waals surface area contributed by atoms with E-state index in [2.05, 4.69) is 22.4 Å². The highest BCUT2D eigenvalue weighted by molar-refractivity contribution is 7.13. The Morgan fingerprint density at radius 3 is 2.40 bits per heavy atom. The van der Waals surface area contributed by atoms with Gasteiger partial charge in [0.1, 0.15) is 10.8 Å². The number of carbonyl (C=O) groups excluding carboxylic acids is 1. The minimum Gasteiger partial charge on any atom is -0.494 e. The summed E-state index contributed by atoms with van der Waals surface area (Å²) in [7, 11) is 0. The van der Waals surface area contributed by atoms with Crippen molar-refractivity contribution in [1.29, 1.82) is 0 Å². The fraction of sp³-hybridized carbons (Fsp3) is 0.333. The van der Waals surface area contributed by atoms with E-state index in [1.54, 1.807) is 11.3 Å². The summed E-state index contributed by atoms with van der Waals surface area (Å²) in [6.45, 7) is 4.77. The van der Waals surface area contributed by atoms with Crippen molar-refractivity contribution in [3.8, 4) is 16.3 Å². The van der Waals surface area contributed by atoms with Gasteiger partial charge in [0.25, 0.3) is 0 Å². The second kappa shape index (κ2) is 10.4. The van der Waals surface area contributed by atoms with E-state index in [0.29, 0.717) is 13.0 Å². The minimum absolute atomic E-state index is 0.228. The average Bonchev–Trinajstić information content (AvgIpc) is 3.27. The predicted molar refractivity (Wildman–Crippen MR) is 121 cm³/mol. The Morgan fingerprint density at radius 1 is 0.967 bits per heavy atom. The normalized spacial score (nSPS) is 14.6. The lowest BCUT2D eigenvalue weighted by atomic mass is 10.2. The Hall–Kier alpha value is -2.70. The lowest BCUT2D eigenvalue weighted by Gasteiger charge is -2.34. The molecule has 156 valence electrons. The molecule has 0 bridgehead atoms. The van der Waals surface area contributed by atoms with E-state index in [1.165, 1.54) is 5.56 Å². The number of carbonyl (C=O) groups is 1. The van der Waals surface area contributed by atoms with E-state index >= 15 is 0 Å². The molecule has 3 aromatic rings. The van der Waals surface area contributed by atoms with Gasteiger partial charge in [-0.15, -0.1) is 11.3 Å². The van der Waals surface area contributed by atoms with Crippen LogP contribution in [0.2, 0.25) is 0 Å². The molecule has 0 aliphatic carbocycles. The summed E-state index contributed by atoms with van der Waals surface area (Å²) in [5.41, 5.74) is 2.28. The fourth-order valence-corrected chi connectivity index (χ4v) is 4.38. The largest absolute Gasteiger partial charge is 0.494 e. The Morgan fingerprint density at radius 2 is 1.67 bits per heavy atom. The number of piperazine rings is 1. The number of rotatable bonds is 8. The van der Waals surface area contributed by atoms with E-state index in [0.717, 1.165) is 55.6 Å². The van der Waals surface area contributed by atoms with Crippen molar-refractivity contribution in [3.05, 3.63) is 71.7 Å². The summed E-state index contributed by atoms with van der Waals surface area (Å²) in [6.07, 6.45) is 1.29. The number of para-hydroxylation sites is 1. The lowest BCUT2D eigenvalue weighted by Crippen LogP contribution is -2.48. The van der Waals surface area contributed by atoms with E-state index in [4.69, 9.17) is 9.72 Å². The molecule has 1 aliphatic rings. The maximum Gasteiger partial charge on any atom is 0.222 e. The maximum absolute atomic E-state index is 12.5. The van der Waals surface area contributed by atoms with Crippen molar-refractivity contribution >= 4 is 17.2 Å². The fourth-order valence-electron chi connectivity index (χ4n) is 3.57. The average molecular weight is 422 g/mol. The van der Waals surface area contributed by atoms with Crippen LogP contribution in [0.25, 0.3) is 10.6 Å². The Bertz CT molecular complexity index is 922. The predicted octanol–water partition coefficient (Wildman–Crippen LogP) is 4.31. The number of hydrogen-bond donors (Lipinski definition) is 0. The van der Waals surface area contributed by atoms with Gasteiger partial charge >= 0.3 is 0 Å². The van der Waals surface area contributed by atoms with Crippen LogP contribution in [0.5, 0.6) is 5.75 Å². The molecule has 2 heterocycles. The van der Waals surface area contributed by atoms with Gasteiger partial charge in [-0.2, -0.15) is 0 Å². The van der Waals surface area contributed by atoms with Gasteiger partial charge in [-0.3, -0.25) is 9.69 Å². The van der Waals surface area contributed by atoms with Crippen molar-refractivity contribution in [2.24, 2.45) is 0 Å². The molecule has 2 aromatic carbocycles. The van der Waals surface area contributed by atoms with Crippen molar-refractivity contribution in [2.75, 3.05) is 32.8 Å². The highest BCUT2D eigenvalue weighted by Gasteiger charge is 2.21. The van der Waals surface area contributed by atoms with Crippen LogP contribution < -0.4 is 4.74 Å². The second-order valence-corrected chi connectivity index (χ2v) is 8.29. The summed E-state index contributed by atoms with van der Waals surface area (Å²) >= 11 is 1.69. The van der Waals surface area contributed by atoms with Gasteiger partial charge in [-0.1, -0.05) is 48.5 Å². The molecule has 1 aliphatic heterocycles. The molecule has 6 heteroatoms. The third-order valence-corrected chi connectivity index (χ3v) is 6.17. The van der Waals surface area contributed by atoms with Crippen molar-refractivity contribution in [1.82, 2.24) is 14.8 Å². The number of ether oxygens (including phenoxy) is 1. The number of benzene rings is 2. The molecular weight excluding hydrogens is 394 g/mol. The topological polar surface area (TPSA) is 45.7 Å². The molecule has 0 radical (unpaired) electrons. The van der Waals surface area contributed by atoms with Crippen LogP contribution in [0.3, 0.4) is 0 Å². The lowest BCUT2D eigenvalue weighted by molar-refractivity contribution is -0.133. The highest BCUT2D eigenvalue weighted by Crippen LogP contribution is 2.24. The third kappa shape index (κ3) is 5.68. The molecule has 0 saturated carbocycles. The number of amides is 1. The van der Waals surface area contributed by atoms with Crippen LogP contribution in [0, 0.1) is 0 Å². The molecule has 1 amide bonds. The highest BCUT2D eigenvalue weighted by atomic mass is 32.1. The standard InChI is InChI=1S/C24H27N3O2S/c28-23(12-7-17-29-22-10-5-2-6-11-22)27-15-13-26(14-16-27)18-21-19-30-24(25-21)20-8-3-1-4-9-20/h1-6,8-11,19H,7,12-18H2. The first-order chi connectivity index (χ1) is 14.8. The van der Waals surface area contributed by atoms with Gasteiger partial charge in [0.2, 0.25) is 5.91 Å². The molecule has 1 saturated heterocycles. The number of hydrogen-bond acceptors (Lipinski definition) is 5. The number of nitrogens with zero attached hydrogens (tertiary/aromatic N) is 3. The van der Waals surface area contributed by atoms with Crippen molar-refractivity contribution in [3.63, 3.8) is 0 Å². The van der Waals surface area contributed by atoms with E-state index in [-0.39, 0.29) is 5.91 Å². The zero-order valence-corrected chi connectivity index (χ0v) is 17.9. The first-order valence-electron chi connectivity index (χ1n) is 10.5. The van der Waals surface area contributed by atoms with Crippen LogP contribution in [-0.4, -0.2) is 53.5 Å². The molecule has 1 fully saturated rings. The van der Waals surface area contributed by atoms with Gasteiger partial charge < -0.3 is 9.64 Å². The molecule has 30 heavy (non-hydrogen) atoms. The summed E-state index contributed by atoms with van der Waals surface area (Å²) in [6, 6.07) is 20.0. The molecule has 1 aromatic heterocycles. The van der Waals surface area contributed by atoms with E-state index in [9.17, 15) is 4.79 Å². The Kier molecular flexibility index (Phi) is 7.11. The first kappa shape index (κ1) is 20.6. The molecule has 4 rings (SSSR count). The quantitative estimate of drug-likeness (QED) is 0.509. The van der Waals surface area contributed by atoms with E-state index < -0.39 is 0 Å². The van der Waals surface area contributed by atoms with Crippen LogP contribution in [0.15, 0.2) is 66.0 Å². The number of thiazole rings is 1. The second-order valence-electron chi connectivity index (χ2n) is 7.43. The zero-order chi connectivity index (χ0) is 20.6. The molecule has 0 unspecified atom stereocenters. The van der Waals surface area contributed by atoms with Gasteiger partial charge in [-0.25, -0.2) is 4.98 Å². The van der Waals surface area contributed by atoms with Crippen molar-refractivity contribution < 1.29 is 9.53 Å². The van der Waals surface area contributed by atoms with Gasteiger partial charge in [0.15, 0.2) is 0 Å². The van der Waals surface area contributed by atoms with Gasteiger partial charge in [0, 0.05) is 50.1 Å². The molecular formula is C24H27N3O2S. The Labute approximate surface area is 181 Å². The van der Waals surface area contributed by atoms with Crippen LogP contribution in [-0.2, 0) is 11.3 Å². The molecule has 5 nitrogen and oxygen atoms in total. The first-order valence-corrected chi connectivity index (χ1v) is 11.3. The summed E-state index contributed by atoms with van der Waals surface area (Å²) in [5.74, 6) is 1.09. The summed E-state index contributed by atoms with van der Waals surface area (Å²) < 4.78 is 5.68. The third-order valence-electron chi connectivity index (χ3n) is 5.23. The van der Waals surface area contributed by atoms with Crippen LogP contribution >= 0.6 is 11.3 Å². The molecule has 0 atom stereocenters. The molecule has 0 N–H and O–H groups in total. The van der Waals surface area contributed by atoms with Crippen molar-refractivity contribution in [2.45, 2.75) is 19.4 Å². The summed E-state index contributed by atoms with van der Waals surface area (Å²) in [4.78, 5) is 21.6. The Balaban J connectivity index is 1.17. The minimum atomic E-state index is 0.228. The molecule has 0 spiro atoms. The monoisotopic (exact) mass is 421 g/mol. The van der Waals surface area contributed by atoms with Crippen LogP contribution in [0.4, 0.5) is 0 Å². The zero-order valence-electron chi connectivity index (χ0n) is 17.1. The smallest absolute Gasteiger partial charge is 0.222 e. The number of aromatic nitrogens is 1. The SMILES string of the molecule is O=C(CCCOc1ccccc1)N1CCN(Cc2csc(-c3ccccc3)n2)CC1. The van der Waals surface area contributed by atoms with Crippen LogP contribution in [0.1, 0.15) is 18.5 Å².